The van der Waals surface area contributed by atoms with Crippen LogP contribution in [0.1, 0.15) is 45.0 Å². The summed E-state index contributed by atoms with van der Waals surface area (Å²) in [6.45, 7) is 3.31. The quantitative estimate of drug-likeness (QED) is 0.140. The van der Waals surface area contributed by atoms with Crippen molar-refractivity contribution in [3.63, 3.8) is 0 Å². The lowest BCUT2D eigenvalue weighted by Gasteiger charge is -2.18. The lowest BCUT2D eigenvalue weighted by Crippen LogP contribution is -2.13. The highest BCUT2D eigenvalue weighted by molar-refractivity contribution is 6.50. The third-order valence-corrected chi connectivity index (χ3v) is 10.3. The molecule has 2 N–H and O–H groups in total. The molecule has 3 aromatic rings. The largest absolute Gasteiger partial charge is 0.673 e. The maximum absolute atomic E-state index is 9.75. The van der Waals surface area contributed by atoms with Gasteiger partial charge < -0.3 is 46.8 Å². The lowest BCUT2D eigenvalue weighted by molar-refractivity contribution is 0.368. The molecule has 0 unspecified atom stereocenters. The molecule has 0 atom stereocenters. The van der Waals surface area contributed by atoms with Gasteiger partial charge >= 0.3 is 7.25 Å². The fourth-order valence-electron chi connectivity index (χ4n) is 7.48. The molecule has 290 valence electrons. The number of hydrogen-bond donors (Lipinski definition) is 2. The van der Waals surface area contributed by atoms with Crippen molar-refractivity contribution in [1.82, 2.24) is 39.5 Å². The first-order valence-corrected chi connectivity index (χ1v) is 18.8. The molecule has 0 spiro atoms. The molecule has 0 radical (unpaired) electrons. The summed E-state index contributed by atoms with van der Waals surface area (Å²) in [5, 5.41) is 0. The molecular formula is C44H42BF4N8-. The van der Waals surface area contributed by atoms with Crippen LogP contribution in [0.3, 0.4) is 0 Å². The molecule has 8 nitrogen and oxygen atoms in total. The van der Waals surface area contributed by atoms with Gasteiger partial charge in [-0.15, -0.1) is 0 Å². The number of rotatable bonds is 4. The van der Waals surface area contributed by atoms with Crippen molar-refractivity contribution in [2.45, 2.75) is 0 Å². The molecule has 0 aromatic carbocycles. The number of allylic oxidation sites excluding steroid dienone is 8. The predicted molar refractivity (Wildman–Crippen MR) is 228 cm³/mol. The van der Waals surface area contributed by atoms with Crippen LogP contribution >= 0.6 is 0 Å². The van der Waals surface area contributed by atoms with E-state index in [1.807, 2.05) is 0 Å². The van der Waals surface area contributed by atoms with Crippen molar-refractivity contribution in [2.75, 3.05) is 54.4 Å². The monoisotopic (exact) mass is 769 g/mol. The first-order chi connectivity index (χ1) is 27.4. The van der Waals surface area contributed by atoms with E-state index in [1.165, 1.54) is 0 Å². The fraction of sp³-hybridized carbons (Fsp3) is 0.182. The van der Waals surface area contributed by atoms with Crippen molar-refractivity contribution in [2.24, 2.45) is 0 Å². The van der Waals surface area contributed by atoms with Crippen LogP contribution in [0.4, 0.5) is 17.3 Å². The van der Waals surface area contributed by atoms with Crippen LogP contribution in [0.25, 0.3) is 68.7 Å². The average Bonchev–Trinajstić information content (AvgIpc) is 4.02. The molecule has 0 aliphatic carbocycles. The zero-order chi connectivity index (χ0) is 39.8. The highest BCUT2D eigenvalue weighted by atomic mass is 19.5. The Hall–Kier alpha value is -6.50. The number of fused-ring (bicyclic) bond motifs is 8. The Labute approximate surface area is 329 Å². The summed E-state index contributed by atoms with van der Waals surface area (Å²) in [4.78, 5) is 27.3. The molecule has 57 heavy (non-hydrogen) atoms. The number of nitrogens with zero attached hydrogens (tertiary/aromatic N) is 6. The molecule has 0 fully saturated rings. The summed E-state index contributed by atoms with van der Waals surface area (Å²) in [5.41, 5.74) is 16.7. The standard InChI is InChI=1S/C44H42N8.BF4/c1-49-21-13-29(14-22-49)41-33-5-7-35(45-33)42(30-15-23-50(2)24-16-30)37-9-11-39(47-37)44(32-19-27-52(4)28-20-32)40-12-10-38(48-40)43(36-8-6-34(41)46-36)31-17-25-51(3)26-18-31;2-1(3,4)5/h5-21,23,25,27,45,48H,22,24,26,28H2,1-4H3;/q;-1. The minimum atomic E-state index is -6.00. The maximum atomic E-state index is 9.75. The van der Waals surface area contributed by atoms with Crippen LogP contribution in [0.5, 0.6) is 0 Å². The summed E-state index contributed by atoms with van der Waals surface area (Å²) < 4.78 is 39.0. The minimum absolute atomic E-state index is 0.827. The van der Waals surface area contributed by atoms with E-state index in [2.05, 4.69) is 180 Å². The van der Waals surface area contributed by atoms with E-state index in [0.717, 1.165) is 116 Å². The van der Waals surface area contributed by atoms with E-state index < -0.39 is 7.25 Å². The van der Waals surface area contributed by atoms with Gasteiger partial charge in [0.1, 0.15) is 0 Å². The van der Waals surface area contributed by atoms with E-state index >= 15 is 0 Å². The average molecular weight is 770 g/mol. The summed E-state index contributed by atoms with van der Waals surface area (Å²) >= 11 is 0. The van der Waals surface area contributed by atoms with Crippen LogP contribution in [0.15, 0.2) is 97.7 Å². The summed E-state index contributed by atoms with van der Waals surface area (Å²) in [6.07, 6.45) is 35.2. The molecule has 6 aliphatic heterocycles. The maximum Gasteiger partial charge on any atom is 0.673 e. The fourth-order valence-corrected chi connectivity index (χ4v) is 7.48. The highest BCUT2D eigenvalue weighted by Gasteiger charge is 2.22. The molecule has 3 aromatic heterocycles. The van der Waals surface area contributed by atoms with Crippen molar-refractivity contribution in [3.8, 4) is 0 Å². The third-order valence-electron chi connectivity index (χ3n) is 10.3. The molecular weight excluding hydrogens is 727 g/mol. The molecule has 9 rings (SSSR count). The van der Waals surface area contributed by atoms with Gasteiger partial charge in [0.05, 0.1) is 22.8 Å². The van der Waals surface area contributed by atoms with E-state index in [9.17, 15) is 17.3 Å². The molecule has 9 heterocycles. The summed E-state index contributed by atoms with van der Waals surface area (Å²) in [5.74, 6) is 0. The first-order valence-electron chi connectivity index (χ1n) is 18.8. The van der Waals surface area contributed by atoms with Gasteiger partial charge in [-0.2, -0.15) is 0 Å². The molecule has 6 aliphatic rings. The zero-order valence-corrected chi connectivity index (χ0v) is 32.1. The zero-order valence-electron chi connectivity index (χ0n) is 32.1. The van der Waals surface area contributed by atoms with Crippen molar-refractivity contribution in [1.29, 1.82) is 0 Å². The number of hydrogen-bond acceptors (Lipinski definition) is 6. The molecule has 8 bridgehead atoms. The molecule has 13 heteroatoms. The SMILES string of the molecule is CN1C=CC(c2c3nc(c(C4=CCN(C)C=C4)c4ccc([nH]4)c(C4=CCN(C)C=C4)c4nc(c(C5=CCN(C)C=C5)c5ccc2[nH]5)C=C4)C=C3)=CC1.F[B-](F)(F)F. The Morgan fingerprint density at radius 3 is 0.842 bits per heavy atom. The number of aromatic amines is 2. The van der Waals surface area contributed by atoms with Crippen LogP contribution in [-0.4, -0.2) is 101 Å². The van der Waals surface area contributed by atoms with Gasteiger partial charge in [-0.05, 0) is 120 Å². The van der Waals surface area contributed by atoms with E-state index in [4.69, 9.17) is 9.97 Å². The van der Waals surface area contributed by atoms with Crippen LogP contribution in [0, 0.1) is 0 Å². The number of likely N-dealkylation sites (N-methyl/N-ethyl adjacent to an activating group) is 4. The Balaban J connectivity index is 0.000000859. The van der Waals surface area contributed by atoms with E-state index in [0.29, 0.717) is 0 Å². The third kappa shape index (κ3) is 8.09. The second-order valence-corrected chi connectivity index (χ2v) is 14.7. The molecule has 0 amide bonds. The van der Waals surface area contributed by atoms with Gasteiger partial charge in [0, 0.05) is 98.7 Å². The minimum Gasteiger partial charge on any atom is -0.418 e. The topological polar surface area (TPSA) is 70.3 Å². The summed E-state index contributed by atoms with van der Waals surface area (Å²) in [7, 11) is 2.39. The van der Waals surface area contributed by atoms with Gasteiger partial charge in [-0.25, -0.2) is 9.97 Å². The van der Waals surface area contributed by atoms with Gasteiger partial charge in [0.15, 0.2) is 0 Å². The highest BCUT2D eigenvalue weighted by Crippen LogP contribution is 2.37. The van der Waals surface area contributed by atoms with Gasteiger partial charge in [0.25, 0.3) is 0 Å². The van der Waals surface area contributed by atoms with Crippen LogP contribution < -0.4 is 0 Å². The number of halogens is 4. The molecule has 0 saturated carbocycles. The summed E-state index contributed by atoms with van der Waals surface area (Å²) in [6, 6.07) is 8.79. The lowest BCUT2D eigenvalue weighted by atomic mass is 10.0. The van der Waals surface area contributed by atoms with E-state index in [1.54, 1.807) is 0 Å². The van der Waals surface area contributed by atoms with Crippen LogP contribution in [0.2, 0.25) is 0 Å². The predicted octanol–water partition coefficient (Wildman–Crippen LogP) is 9.33. The van der Waals surface area contributed by atoms with Crippen LogP contribution in [-0.2, 0) is 0 Å². The van der Waals surface area contributed by atoms with Crippen molar-refractivity contribution in [3.05, 3.63) is 143 Å². The second-order valence-electron chi connectivity index (χ2n) is 14.7. The molecule has 0 saturated heterocycles. The number of nitrogens with one attached hydrogen (secondary N) is 2. The smallest absolute Gasteiger partial charge is 0.418 e. The Morgan fingerprint density at radius 2 is 0.649 bits per heavy atom. The first kappa shape index (κ1) is 37.4. The number of aromatic nitrogens is 4. The van der Waals surface area contributed by atoms with Crippen molar-refractivity contribution < 1.29 is 17.3 Å². The Bertz CT molecular complexity index is 2270. The van der Waals surface area contributed by atoms with E-state index in [-0.39, 0.29) is 0 Å². The van der Waals surface area contributed by atoms with Gasteiger partial charge in [0.2, 0.25) is 0 Å². The Morgan fingerprint density at radius 1 is 0.421 bits per heavy atom. The Kier molecular flexibility index (Phi) is 9.99. The van der Waals surface area contributed by atoms with Gasteiger partial charge in [-0.3, -0.25) is 0 Å². The number of H-pyrrole nitrogens is 2. The van der Waals surface area contributed by atoms with Crippen molar-refractivity contribution >= 4 is 75.9 Å². The second kappa shape index (κ2) is 15.2. The normalized spacial score (nSPS) is 17.4. The van der Waals surface area contributed by atoms with Gasteiger partial charge in [-0.1, -0.05) is 24.3 Å².